The highest BCUT2D eigenvalue weighted by molar-refractivity contribution is 5.88. The van der Waals surface area contributed by atoms with E-state index in [9.17, 15) is 4.79 Å². The number of amides is 1. The summed E-state index contributed by atoms with van der Waals surface area (Å²) in [5, 5.41) is 8.36. The highest BCUT2D eigenvalue weighted by Crippen LogP contribution is 2.36. The number of hydrogen-bond acceptors (Lipinski definition) is 3. The Morgan fingerprint density at radius 2 is 1.80 bits per heavy atom. The first-order valence-corrected chi connectivity index (χ1v) is 11.8. The first-order chi connectivity index (χ1) is 14.8. The summed E-state index contributed by atoms with van der Waals surface area (Å²) in [6.45, 7) is 1.80. The number of nitrogens with one attached hydrogen (secondary N) is 1. The van der Waals surface area contributed by atoms with Gasteiger partial charge in [0.05, 0.1) is 23.7 Å². The van der Waals surface area contributed by atoms with Gasteiger partial charge < -0.3 is 10.1 Å². The quantitative estimate of drug-likeness (QED) is 0.806. The van der Waals surface area contributed by atoms with Gasteiger partial charge in [0.2, 0.25) is 5.91 Å². The largest absolute Gasteiger partial charge is 0.381 e. The molecule has 5 nitrogen and oxygen atoms in total. The van der Waals surface area contributed by atoms with Crippen LogP contribution in [-0.4, -0.2) is 28.9 Å². The molecular weight excluding hydrogens is 374 g/mol. The van der Waals surface area contributed by atoms with Gasteiger partial charge in [0.1, 0.15) is 0 Å². The molecule has 0 bridgehead atoms. The van der Waals surface area contributed by atoms with Gasteiger partial charge in [-0.05, 0) is 62.5 Å². The molecule has 1 aromatic carbocycles. The van der Waals surface area contributed by atoms with E-state index in [-0.39, 0.29) is 5.91 Å². The Morgan fingerprint density at radius 1 is 1.07 bits per heavy atom. The van der Waals surface area contributed by atoms with Crippen molar-refractivity contribution < 1.29 is 9.53 Å². The zero-order valence-electron chi connectivity index (χ0n) is 17.9. The molecule has 1 amide bonds. The number of aromatic nitrogens is 2. The molecule has 5 rings (SSSR count). The Balaban J connectivity index is 1.38. The molecule has 1 aromatic heterocycles. The third kappa shape index (κ3) is 3.58. The maximum atomic E-state index is 13.5. The Bertz CT molecular complexity index is 877. The smallest absolute Gasteiger partial charge is 0.231 e. The molecule has 2 aliphatic carbocycles. The second-order valence-corrected chi connectivity index (χ2v) is 9.21. The lowest BCUT2D eigenvalue weighted by molar-refractivity contribution is -0.130. The van der Waals surface area contributed by atoms with Crippen molar-refractivity contribution in [1.29, 1.82) is 0 Å². The van der Waals surface area contributed by atoms with Crippen molar-refractivity contribution in [3.05, 3.63) is 52.8 Å². The highest BCUT2D eigenvalue weighted by Gasteiger charge is 2.41. The van der Waals surface area contributed by atoms with Gasteiger partial charge in [0.25, 0.3) is 0 Å². The second-order valence-electron chi connectivity index (χ2n) is 9.21. The predicted molar refractivity (Wildman–Crippen MR) is 116 cm³/mol. The van der Waals surface area contributed by atoms with Crippen LogP contribution >= 0.6 is 0 Å². The zero-order valence-corrected chi connectivity index (χ0v) is 17.9. The molecule has 1 aliphatic heterocycles. The Kier molecular flexibility index (Phi) is 5.64. The lowest BCUT2D eigenvalue weighted by Crippen LogP contribution is -2.47. The highest BCUT2D eigenvalue weighted by atomic mass is 16.5. The molecule has 0 atom stereocenters. The molecule has 2 fully saturated rings. The number of fused-ring (bicyclic) bond motifs is 1. The fourth-order valence-electron chi connectivity index (χ4n) is 5.75. The average molecular weight is 408 g/mol. The van der Waals surface area contributed by atoms with E-state index in [1.54, 1.807) is 0 Å². The summed E-state index contributed by atoms with van der Waals surface area (Å²) in [6.07, 6.45) is 11.3. The molecule has 1 saturated heterocycles. The van der Waals surface area contributed by atoms with E-state index in [2.05, 4.69) is 22.1 Å². The Labute approximate surface area is 179 Å². The molecular formula is C25H33N3O2. The second kappa shape index (κ2) is 8.54. The van der Waals surface area contributed by atoms with E-state index >= 15 is 0 Å². The maximum Gasteiger partial charge on any atom is 0.231 e. The van der Waals surface area contributed by atoms with Gasteiger partial charge in [-0.3, -0.25) is 9.48 Å². The normalized spacial score (nSPS) is 21.3. The molecule has 0 spiro atoms. The van der Waals surface area contributed by atoms with Crippen molar-refractivity contribution >= 4 is 5.91 Å². The minimum absolute atomic E-state index is 0.122. The van der Waals surface area contributed by atoms with Crippen molar-refractivity contribution in [1.82, 2.24) is 15.1 Å². The summed E-state index contributed by atoms with van der Waals surface area (Å²) in [5.41, 5.74) is 4.56. The van der Waals surface area contributed by atoms with Crippen LogP contribution in [0, 0.1) is 0 Å². The van der Waals surface area contributed by atoms with Gasteiger partial charge in [0.15, 0.2) is 0 Å². The van der Waals surface area contributed by atoms with Crippen molar-refractivity contribution in [2.24, 2.45) is 0 Å². The molecule has 3 aliphatic rings. The van der Waals surface area contributed by atoms with Crippen LogP contribution in [0.1, 0.15) is 79.9 Å². The summed E-state index contributed by atoms with van der Waals surface area (Å²) in [6, 6.07) is 10.8. The lowest BCUT2D eigenvalue weighted by Gasteiger charge is -2.36. The van der Waals surface area contributed by atoms with Crippen molar-refractivity contribution in [2.75, 3.05) is 13.2 Å². The number of carbonyl (C=O) groups excluding carboxylic acids is 1. The zero-order chi connectivity index (χ0) is 20.4. The minimum atomic E-state index is -0.492. The molecule has 30 heavy (non-hydrogen) atoms. The monoisotopic (exact) mass is 407 g/mol. The number of ether oxygens (including phenoxy) is 1. The van der Waals surface area contributed by atoms with Gasteiger partial charge in [0, 0.05) is 18.9 Å². The van der Waals surface area contributed by atoms with E-state index in [1.807, 2.05) is 18.2 Å². The number of rotatable bonds is 5. The molecule has 1 N–H and O–H groups in total. The predicted octanol–water partition coefficient (Wildman–Crippen LogP) is 4.24. The fourth-order valence-corrected chi connectivity index (χ4v) is 5.75. The maximum absolute atomic E-state index is 13.5. The third-order valence-corrected chi connectivity index (χ3v) is 7.49. The first-order valence-electron chi connectivity index (χ1n) is 11.8. The van der Waals surface area contributed by atoms with Gasteiger partial charge in [-0.25, -0.2) is 0 Å². The molecule has 1 saturated carbocycles. The summed E-state index contributed by atoms with van der Waals surface area (Å²) in [7, 11) is 0. The van der Waals surface area contributed by atoms with E-state index in [4.69, 9.17) is 9.84 Å². The lowest BCUT2D eigenvalue weighted by atomic mass is 9.73. The van der Waals surface area contributed by atoms with Gasteiger partial charge in [-0.2, -0.15) is 5.10 Å². The van der Waals surface area contributed by atoms with Crippen LogP contribution in [0.4, 0.5) is 0 Å². The summed E-state index contributed by atoms with van der Waals surface area (Å²) in [5.74, 6) is 0.122. The third-order valence-electron chi connectivity index (χ3n) is 7.49. The van der Waals surface area contributed by atoms with Crippen molar-refractivity contribution in [3.8, 4) is 0 Å². The van der Waals surface area contributed by atoms with Crippen molar-refractivity contribution in [3.63, 3.8) is 0 Å². The Morgan fingerprint density at radius 3 is 2.57 bits per heavy atom. The number of hydrogen-bond donors (Lipinski definition) is 1. The molecule has 160 valence electrons. The number of benzene rings is 1. The van der Waals surface area contributed by atoms with Crippen LogP contribution in [0.25, 0.3) is 0 Å². The van der Waals surface area contributed by atoms with E-state index in [0.717, 1.165) is 36.9 Å². The van der Waals surface area contributed by atoms with Crippen LogP contribution in [0.3, 0.4) is 0 Å². The van der Waals surface area contributed by atoms with Gasteiger partial charge >= 0.3 is 0 Å². The molecule has 2 aromatic rings. The summed E-state index contributed by atoms with van der Waals surface area (Å²) >= 11 is 0. The number of carbonyl (C=O) groups is 1. The number of nitrogens with zero attached hydrogens (tertiary/aromatic N) is 2. The minimum Gasteiger partial charge on any atom is -0.381 e. The van der Waals surface area contributed by atoms with Gasteiger partial charge in [-0.1, -0.05) is 43.2 Å². The molecule has 2 heterocycles. The fraction of sp³-hybridized carbons (Fsp3) is 0.600. The molecule has 0 unspecified atom stereocenters. The van der Waals surface area contributed by atoms with Gasteiger partial charge in [-0.15, -0.1) is 0 Å². The van der Waals surface area contributed by atoms with E-state index in [1.165, 1.54) is 49.8 Å². The topological polar surface area (TPSA) is 56.2 Å². The van der Waals surface area contributed by atoms with Crippen LogP contribution in [0.5, 0.6) is 0 Å². The van der Waals surface area contributed by atoms with Crippen LogP contribution in [0.2, 0.25) is 0 Å². The average Bonchev–Trinajstić information content (AvgIpc) is 3.47. The van der Waals surface area contributed by atoms with Crippen LogP contribution < -0.4 is 5.32 Å². The van der Waals surface area contributed by atoms with E-state index in [0.29, 0.717) is 25.8 Å². The molecule has 0 radical (unpaired) electrons. The Hall–Kier alpha value is -2.14. The van der Waals surface area contributed by atoms with Crippen LogP contribution in [-0.2, 0) is 34.3 Å². The first kappa shape index (κ1) is 19.8. The van der Waals surface area contributed by atoms with Crippen LogP contribution in [0.15, 0.2) is 30.3 Å². The molecule has 5 heteroatoms. The SMILES string of the molecule is O=C(NCc1nn(C2CCCC2)c2c1CCCC2)C1(c2ccccc2)CCOCC1. The summed E-state index contributed by atoms with van der Waals surface area (Å²) < 4.78 is 7.94. The standard InChI is InChI=1S/C25H33N3O2/c29-24(25(14-16-30-17-15-25)19-8-2-1-3-9-19)26-18-22-21-12-6-7-13-23(21)28(27-22)20-10-4-5-11-20/h1-3,8-9,20H,4-7,10-18H2,(H,26,29). The van der Waals surface area contributed by atoms with Crippen molar-refractivity contribution in [2.45, 2.75) is 82.2 Å². The summed E-state index contributed by atoms with van der Waals surface area (Å²) in [4.78, 5) is 13.5. The van der Waals surface area contributed by atoms with E-state index < -0.39 is 5.41 Å².